The van der Waals surface area contributed by atoms with E-state index >= 15 is 0 Å². The van der Waals surface area contributed by atoms with Gasteiger partial charge in [-0.15, -0.1) is 0 Å². The summed E-state index contributed by atoms with van der Waals surface area (Å²) in [4.78, 5) is 154. The number of thioether (sulfide) groups is 1. The molecule has 0 aliphatic heterocycles. The molecular formula is C43H74N16O14S. The average Bonchev–Trinajstić information content (AvgIpc) is 3.85. The van der Waals surface area contributed by atoms with Gasteiger partial charge in [0.05, 0.1) is 25.9 Å². The third-order valence-electron chi connectivity index (χ3n) is 10.6. The van der Waals surface area contributed by atoms with Crippen molar-refractivity contribution in [3.8, 4) is 0 Å². The highest BCUT2D eigenvalue weighted by molar-refractivity contribution is 7.98. The van der Waals surface area contributed by atoms with Crippen molar-refractivity contribution in [2.24, 2.45) is 39.6 Å². The molecule has 8 atom stereocenters. The fraction of sp³-hybridized carbons (Fsp3) is 0.651. The molecule has 1 heterocycles. The van der Waals surface area contributed by atoms with E-state index in [2.05, 4.69) is 57.5 Å². The highest BCUT2D eigenvalue weighted by Gasteiger charge is 2.35. The molecule has 0 saturated carbocycles. The Hall–Kier alpha value is -7.12. The molecule has 0 aliphatic carbocycles. The minimum absolute atomic E-state index is 0.000527. The lowest BCUT2D eigenvalue weighted by Crippen LogP contribution is -2.60. The first-order chi connectivity index (χ1) is 34.9. The summed E-state index contributed by atoms with van der Waals surface area (Å²) in [6, 6.07) is -11.8. The number of nitrogens with one attached hydrogen (secondary N) is 9. The smallest absolute Gasteiger partial charge is 0.326 e. The highest BCUT2D eigenvalue weighted by atomic mass is 32.2. The maximum Gasteiger partial charge on any atom is 0.326 e. The van der Waals surface area contributed by atoms with E-state index in [4.69, 9.17) is 28.7 Å². The Bertz CT molecular complexity index is 2060. The number of imidazole rings is 1. The van der Waals surface area contributed by atoms with Crippen LogP contribution < -0.4 is 71.2 Å². The Balaban J connectivity index is 3.37. The molecule has 416 valence electrons. The number of nitrogens with zero attached hydrogens (tertiary/aromatic N) is 2. The molecule has 0 fully saturated rings. The number of rotatable bonds is 38. The maximum absolute atomic E-state index is 14.0. The molecule has 31 heteroatoms. The summed E-state index contributed by atoms with van der Waals surface area (Å²) in [6.07, 6.45) is 2.98. The van der Waals surface area contributed by atoms with E-state index < -0.39 is 146 Å². The van der Waals surface area contributed by atoms with Crippen molar-refractivity contribution in [2.45, 2.75) is 133 Å². The molecule has 0 spiro atoms. The molecule has 0 radical (unpaired) electrons. The van der Waals surface area contributed by atoms with Crippen LogP contribution in [-0.2, 0) is 59.2 Å². The van der Waals surface area contributed by atoms with Gasteiger partial charge in [-0.2, -0.15) is 11.8 Å². The number of primary amides is 1. The van der Waals surface area contributed by atoms with Crippen molar-refractivity contribution in [1.82, 2.24) is 52.5 Å². The van der Waals surface area contributed by atoms with E-state index in [9.17, 15) is 68.1 Å². The van der Waals surface area contributed by atoms with Gasteiger partial charge in [0.25, 0.3) is 0 Å². The van der Waals surface area contributed by atoms with Gasteiger partial charge < -0.3 is 91.5 Å². The molecule has 74 heavy (non-hydrogen) atoms. The molecule has 22 N–H and O–H groups in total. The van der Waals surface area contributed by atoms with Crippen LogP contribution in [0.4, 0.5) is 0 Å². The summed E-state index contributed by atoms with van der Waals surface area (Å²) in [5.74, 6) is -11.7. The average molecular weight is 1070 g/mol. The number of aromatic amines is 1. The lowest BCUT2D eigenvalue weighted by atomic mass is 10.0. The number of nitrogens with two attached hydrogens (primary N) is 5. The number of hydrogen-bond acceptors (Lipinski definition) is 17. The van der Waals surface area contributed by atoms with Crippen LogP contribution in [0.15, 0.2) is 17.5 Å². The van der Waals surface area contributed by atoms with Gasteiger partial charge in [0.15, 0.2) is 5.96 Å². The number of carbonyl (C=O) groups is 11. The first-order valence-corrected chi connectivity index (χ1v) is 25.0. The third-order valence-corrected chi connectivity index (χ3v) is 11.3. The minimum Gasteiger partial charge on any atom is -0.481 e. The van der Waals surface area contributed by atoms with E-state index in [1.54, 1.807) is 20.1 Å². The molecule has 0 bridgehead atoms. The standard InChI is InChI=1S/C43H74N16O14S/c1-22(2)15-29(36(66)51-19-33(62)53-28(42(72)73)8-6-13-50-43(47)48)58-38(68)26(9-10-32(46)61)55-39(69)27(11-14-74-3)56-41(71)31(17-34(63)64)59-37(67)25(7-4-5-12-44)54-40(70)30(16-23-18-49-21-52-23)57-35(65)24(45)20-60/h18,21-22,24-31,60H,4-17,19-20,44-45H2,1-3H3,(H2,46,61)(H,49,52)(H,51,66)(H,53,62)(H,54,70)(H,55,69)(H,56,71)(H,57,65)(H,58,68)(H,59,67)(H,63,64)(H,72,73)(H4,47,48,50)/t24-,25-,26-,27-,28-,29-,30-,31-/m0/s1. The number of aromatic nitrogens is 2. The molecule has 1 rings (SSSR count). The lowest BCUT2D eigenvalue weighted by Gasteiger charge is -2.27. The predicted molar refractivity (Wildman–Crippen MR) is 267 cm³/mol. The summed E-state index contributed by atoms with van der Waals surface area (Å²) < 4.78 is 0. The molecule has 0 unspecified atom stereocenters. The fourth-order valence-corrected chi connectivity index (χ4v) is 7.23. The number of hydrogen-bond donors (Lipinski definition) is 17. The van der Waals surface area contributed by atoms with E-state index in [0.29, 0.717) is 12.1 Å². The zero-order chi connectivity index (χ0) is 55.9. The first kappa shape index (κ1) is 64.9. The fourth-order valence-electron chi connectivity index (χ4n) is 6.75. The quantitative estimate of drug-likeness (QED) is 0.0166. The zero-order valence-corrected chi connectivity index (χ0v) is 42.5. The SMILES string of the molecule is CSCC[C@H](NC(=O)[C@H](CC(=O)O)NC(=O)[C@H](CCCCN)NC(=O)[C@H](Cc1cnc[nH]1)NC(=O)[C@@H](N)CO)C(=O)N[C@@H](CCC(N)=O)C(=O)N[C@@H](CC(C)C)C(=O)NCC(=O)N[C@@H](CCCN=C(N)N)C(=O)O. The number of guanidine groups is 1. The Morgan fingerprint density at radius 3 is 1.74 bits per heavy atom. The molecule has 9 amide bonds. The van der Waals surface area contributed by atoms with Crippen LogP contribution in [0.1, 0.15) is 83.7 Å². The molecule has 1 aromatic rings. The van der Waals surface area contributed by atoms with Crippen molar-refractivity contribution in [3.63, 3.8) is 0 Å². The van der Waals surface area contributed by atoms with Crippen molar-refractivity contribution >= 4 is 82.8 Å². The summed E-state index contributed by atoms with van der Waals surface area (Å²) in [5.41, 5.74) is 27.6. The van der Waals surface area contributed by atoms with Crippen LogP contribution in [0.25, 0.3) is 0 Å². The Labute approximate surface area is 431 Å². The number of unbranched alkanes of at least 4 members (excludes halogenated alkanes) is 1. The van der Waals surface area contributed by atoms with Gasteiger partial charge in [0.2, 0.25) is 53.2 Å². The zero-order valence-electron chi connectivity index (χ0n) is 41.7. The van der Waals surface area contributed by atoms with Crippen molar-refractivity contribution < 1.29 is 68.1 Å². The monoisotopic (exact) mass is 1070 g/mol. The van der Waals surface area contributed by atoms with Crippen molar-refractivity contribution in [2.75, 3.05) is 38.2 Å². The number of carbonyl (C=O) groups excluding carboxylic acids is 9. The van der Waals surface area contributed by atoms with Gasteiger partial charge in [-0.1, -0.05) is 13.8 Å². The third kappa shape index (κ3) is 26.5. The van der Waals surface area contributed by atoms with Crippen LogP contribution in [0.5, 0.6) is 0 Å². The molecule has 0 aliphatic rings. The Kier molecular flexibility index (Phi) is 30.8. The number of aliphatic hydroxyl groups is 1. The highest BCUT2D eigenvalue weighted by Crippen LogP contribution is 2.11. The summed E-state index contributed by atoms with van der Waals surface area (Å²) in [7, 11) is 0. The van der Waals surface area contributed by atoms with Gasteiger partial charge in [0, 0.05) is 31.3 Å². The molecule has 1 aromatic heterocycles. The van der Waals surface area contributed by atoms with Gasteiger partial charge in [-0.3, -0.25) is 52.9 Å². The largest absolute Gasteiger partial charge is 0.481 e. The second-order valence-electron chi connectivity index (χ2n) is 17.4. The second kappa shape index (κ2) is 35.1. The van der Waals surface area contributed by atoms with Gasteiger partial charge in [-0.25, -0.2) is 9.78 Å². The normalized spacial score (nSPS) is 14.2. The summed E-state index contributed by atoms with van der Waals surface area (Å²) in [5, 5.41) is 48.0. The van der Waals surface area contributed by atoms with Crippen LogP contribution in [0.3, 0.4) is 0 Å². The molecule has 30 nitrogen and oxygen atoms in total. The minimum atomic E-state index is -1.86. The number of carboxylic acids is 2. The number of carboxylic acid groups (broad SMARTS) is 2. The van der Waals surface area contributed by atoms with E-state index in [1.807, 2.05) is 0 Å². The van der Waals surface area contributed by atoms with Crippen LogP contribution in [-0.4, -0.2) is 183 Å². The first-order valence-electron chi connectivity index (χ1n) is 23.6. The van der Waals surface area contributed by atoms with Gasteiger partial charge in [-0.05, 0) is 75.8 Å². The molecular weight excluding hydrogens is 997 g/mol. The van der Waals surface area contributed by atoms with Crippen LogP contribution >= 0.6 is 11.8 Å². The topological polar surface area (TPSA) is 516 Å². The van der Waals surface area contributed by atoms with Crippen LogP contribution in [0, 0.1) is 5.92 Å². The Morgan fingerprint density at radius 2 is 1.23 bits per heavy atom. The summed E-state index contributed by atoms with van der Waals surface area (Å²) in [6.45, 7) is 2.31. The molecule has 0 aromatic carbocycles. The predicted octanol–water partition coefficient (Wildman–Crippen LogP) is -6.41. The lowest BCUT2D eigenvalue weighted by molar-refractivity contribution is -0.142. The molecule has 0 saturated heterocycles. The van der Waals surface area contributed by atoms with Crippen LogP contribution in [0.2, 0.25) is 0 Å². The van der Waals surface area contributed by atoms with Crippen molar-refractivity contribution in [1.29, 1.82) is 0 Å². The number of aliphatic imine (C=N–C) groups is 1. The second-order valence-corrected chi connectivity index (χ2v) is 18.3. The summed E-state index contributed by atoms with van der Waals surface area (Å²) >= 11 is 1.25. The van der Waals surface area contributed by atoms with Crippen molar-refractivity contribution in [3.05, 3.63) is 18.2 Å². The van der Waals surface area contributed by atoms with E-state index in [-0.39, 0.29) is 75.7 Å². The Morgan fingerprint density at radius 1 is 0.689 bits per heavy atom. The number of H-pyrrole nitrogens is 1. The maximum atomic E-state index is 14.0. The van der Waals surface area contributed by atoms with Gasteiger partial charge >= 0.3 is 11.9 Å². The number of amides is 9. The number of aliphatic hydroxyl groups excluding tert-OH is 1. The van der Waals surface area contributed by atoms with E-state index in [0.717, 1.165) is 0 Å². The number of aliphatic carboxylic acids is 2. The van der Waals surface area contributed by atoms with Gasteiger partial charge in [0.1, 0.15) is 48.3 Å². The van der Waals surface area contributed by atoms with E-state index in [1.165, 1.54) is 24.3 Å².